The molecule has 1 aliphatic rings. The van der Waals surface area contributed by atoms with Crippen molar-refractivity contribution in [1.29, 1.82) is 0 Å². The summed E-state index contributed by atoms with van der Waals surface area (Å²) in [4.78, 5) is 38.8. The minimum Gasteiger partial charge on any atom is -0.490 e. The lowest BCUT2D eigenvalue weighted by Crippen LogP contribution is -2.54. The van der Waals surface area contributed by atoms with Crippen LogP contribution in [0, 0.1) is 22.8 Å². The van der Waals surface area contributed by atoms with Crippen LogP contribution < -0.4 is 19.7 Å². The molecule has 0 bridgehead atoms. The predicted molar refractivity (Wildman–Crippen MR) is 130 cm³/mol. The van der Waals surface area contributed by atoms with Gasteiger partial charge < -0.3 is 9.47 Å². The third kappa shape index (κ3) is 4.89. The highest BCUT2D eigenvalue weighted by Crippen LogP contribution is 2.35. The first kappa shape index (κ1) is 23.6. The van der Waals surface area contributed by atoms with E-state index in [4.69, 9.17) is 27.5 Å². The van der Waals surface area contributed by atoms with Crippen molar-refractivity contribution < 1.29 is 23.9 Å². The van der Waals surface area contributed by atoms with Crippen LogP contribution in [0.15, 0.2) is 35.9 Å². The normalized spacial score (nSPS) is 14.9. The number of hydrogen-bond donors (Lipinski definition) is 1. The molecule has 1 saturated heterocycles. The number of ether oxygens (including phenoxy) is 2. The van der Waals surface area contributed by atoms with Gasteiger partial charge in [-0.15, -0.1) is 6.42 Å². The van der Waals surface area contributed by atoms with E-state index in [1.54, 1.807) is 31.2 Å². The molecule has 1 heterocycles. The van der Waals surface area contributed by atoms with Crippen molar-refractivity contribution in [1.82, 2.24) is 5.32 Å². The van der Waals surface area contributed by atoms with Crippen molar-refractivity contribution >= 4 is 63.8 Å². The van der Waals surface area contributed by atoms with E-state index in [1.807, 2.05) is 6.92 Å². The van der Waals surface area contributed by atoms with Gasteiger partial charge in [0.2, 0.25) is 0 Å². The molecule has 0 radical (unpaired) electrons. The van der Waals surface area contributed by atoms with Gasteiger partial charge in [-0.2, -0.15) is 0 Å². The SMILES string of the molecule is C#CCOc1c(I)cc(/C=C2/C(=O)NC(=O)N(c3ccc(C)c(Cl)c3)C2=O)cc1OCC. The van der Waals surface area contributed by atoms with Crippen molar-refractivity contribution in [3.8, 4) is 23.8 Å². The first-order chi connectivity index (χ1) is 15.3. The zero-order valence-electron chi connectivity index (χ0n) is 17.2. The van der Waals surface area contributed by atoms with E-state index in [9.17, 15) is 14.4 Å². The fourth-order valence-corrected chi connectivity index (χ4v) is 3.92. The maximum atomic E-state index is 13.1. The molecule has 0 spiro atoms. The maximum absolute atomic E-state index is 13.1. The lowest BCUT2D eigenvalue weighted by Gasteiger charge is -2.26. The molecule has 32 heavy (non-hydrogen) atoms. The van der Waals surface area contributed by atoms with Crippen molar-refractivity contribution in [2.75, 3.05) is 18.1 Å². The first-order valence-electron chi connectivity index (χ1n) is 9.47. The van der Waals surface area contributed by atoms with E-state index in [0.29, 0.717) is 32.3 Å². The number of rotatable bonds is 6. The summed E-state index contributed by atoms with van der Waals surface area (Å²) >= 11 is 8.20. The van der Waals surface area contributed by atoms with E-state index < -0.39 is 17.8 Å². The standard InChI is InChI=1S/C23H18ClIN2O5/c1-4-8-32-20-18(25)10-14(11-19(20)31-5-2)9-16-21(28)26-23(30)27(22(16)29)15-7-6-13(3)17(24)12-15/h1,6-7,9-12H,5,8H2,2-3H3,(H,26,28,30)/b16-9-. The zero-order chi connectivity index (χ0) is 23.4. The average Bonchev–Trinajstić information content (AvgIpc) is 2.73. The highest BCUT2D eigenvalue weighted by molar-refractivity contribution is 14.1. The van der Waals surface area contributed by atoms with Gasteiger partial charge in [-0.25, -0.2) is 9.69 Å². The first-order valence-corrected chi connectivity index (χ1v) is 10.9. The largest absolute Gasteiger partial charge is 0.490 e. The van der Waals surface area contributed by atoms with Crippen molar-refractivity contribution in [3.63, 3.8) is 0 Å². The number of imide groups is 2. The van der Waals surface area contributed by atoms with E-state index in [2.05, 4.69) is 33.8 Å². The number of amides is 4. The van der Waals surface area contributed by atoms with Crippen LogP contribution in [-0.2, 0) is 9.59 Å². The summed E-state index contributed by atoms with van der Waals surface area (Å²) in [6.07, 6.45) is 6.67. The predicted octanol–water partition coefficient (Wildman–Crippen LogP) is 4.33. The highest BCUT2D eigenvalue weighted by Gasteiger charge is 2.37. The third-order valence-electron chi connectivity index (χ3n) is 4.46. The van der Waals surface area contributed by atoms with Gasteiger partial charge in [0, 0.05) is 5.02 Å². The van der Waals surface area contributed by atoms with E-state index in [1.165, 1.54) is 12.1 Å². The lowest BCUT2D eigenvalue weighted by molar-refractivity contribution is -0.122. The molecule has 9 heteroatoms. The summed E-state index contributed by atoms with van der Waals surface area (Å²) < 4.78 is 11.9. The van der Waals surface area contributed by atoms with Gasteiger partial charge in [0.15, 0.2) is 11.5 Å². The number of anilines is 1. The van der Waals surface area contributed by atoms with Crippen molar-refractivity contribution in [2.24, 2.45) is 0 Å². The number of barbiturate groups is 1. The molecule has 0 atom stereocenters. The molecule has 0 aliphatic carbocycles. The van der Waals surface area contributed by atoms with Crippen molar-refractivity contribution in [3.05, 3.63) is 55.6 Å². The number of urea groups is 1. The fraction of sp³-hybridized carbons (Fsp3) is 0.174. The molecule has 4 amide bonds. The smallest absolute Gasteiger partial charge is 0.335 e. The molecule has 0 aromatic heterocycles. The molecular formula is C23H18ClIN2O5. The number of halogens is 2. The highest BCUT2D eigenvalue weighted by atomic mass is 127. The average molecular weight is 565 g/mol. The number of carbonyl (C=O) groups is 3. The summed E-state index contributed by atoms with van der Waals surface area (Å²) in [5.41, 5.74) is 1.35. The quantitative estimate of drug-likeness (QED) is 0.244. The van der Waals surface area contributed by atoms with Gasteiger partial charge >= 0.3 is 6.03 Å². The molecule has 2 aromatic carbocycles. The minimum absolute atomic E-state index is 0.0631. The molecule has 1 aliphatic heterocycles. The van der Waals surface area contributed by atoms with Crippen LogP contribution in [0.5, 0.6) is 11.5 Å². The number of hydrogen-bond acceptors (Lipinski definition) is 5. The molecule has 3 rings (SSSR count). The molecule has 0 saturated carbocycles. The molecule has 2 aromatic rings. The molecular weight excluding hydrogens is 547 g/mol. The van der Waals surface area contributed by atoms with Crippen LogP contribution >= 0.6 is 34.2 Å². The summed E-state index contributed by atoms with van der Waals surface area (Å²) in [7, 11) is 0. The number of carbonyl (C=O) groups excluding carboxylic acids is 3. The Morgan fingerprint density at radius 2 is 1.97 bits per heavy atom. The summed E-state index contributed by atoms with van der Waals surface area (Å²) in [6.45, 7) is 4.05. The van der Waals surface area contributed by atoms with E-state index >= 15 is 0 Å². The van der Waals surface area contributed by atoms with Crippen LogP contribution in [0.2, 0.25) is 5.02 Å². The Labute approximate surface area is 203 Å². The Hall–Kier alpha value is -3.03. The van der Waals surface area contributed by atoms with Crippen LogP contribution in [0.1, 0.15) is 18.1 Å². The Bertz CT molecular complexity index is 1190. The second kappa shape index (κ2) is 10.1. The van der Waals surface area contributed by atoms with Gasteiger partial charge in [-0.3, -0.25) is 14.9 Å². The second-order valence-electron chi connectivity index (χ2n) is 6.65. The number of aryl methyl sites for hydroxylation is 1. The Balaban J connectivity index is 2.03. The van der Waals surface area contributed by atoms with Crippen molar-refractivity contribution in [2.45, 2.75) is 13.8 Å². The van der Waals surface area contributed by atoms with Crippen LogP contribution in [-0.4, -0.2) is 31.1 Å². The molecule has 164 valence electrons. The number of nitrogens with one attached hydrogen (secondary N) is 1. The maximum Gasteiger partial charge on any atom is 0.335 e. The minimum atomic E-state index is -0.848. The summed E-state index contributed by atoms with van der Waals surface area (Å²) in [5, 5.41) is 2.58. The van der Waals surface area contributed by atoms with Gasteiger partial charge in [0.1, 0.15) is 12.2 Å². The monoisotopic (exact) mass is 564 g/mol. The van der Waals surface area contributed by atoms with Gasteiger partial charge in [0.25, 0.3) is 11.8 Å². The Kier molecular flexibility index (Phi) is 7.43. The third-order valence-corrected chi connectivity index (χ3v) is 5.67. The fourth-order valence-electron chi connectivity index (χ4n) is 2.97. The number of nitrogens with zero attached hydrogens (tertiary/aromatic N) is 1. The summed E-state index contributed by atoms with van der Waals surface area (Å²) in [5.74, 6) is 1.73. The Morgan fingerprint density at radius 3 is 2.62 bits per heavy atom. The lowest BCUT2D eigenvalue weighted by atomic mass is 10.1. The molecule has 0 unspecified atom stereocenters. The van der Waals surface area contributed by atoms with Gasteiger partial charge in [0.05, 0.1) is 15.9 Å². The number of benzene rings is 2. The topological polar surface area (TPSA) is 84.9 Å². The van der Waals surface area contributed by atoms with Crippen LogP contribution in [0.4, 0.5) is 10.5 Å². The van der Waals surface area contributed by atoms with Gasteiger partial charge in [-0.05, 0) is 77.9 Å². The van der Waals surface area contributed by atoms with Gasteiger partial charge in [-0.1, -0.05) is 23.6 Å². The van der Waals surface area contributed by atoms with E-state index in [0.717, 1.165) is 10.5 Å². The molecule has 1 N–H and O–H groups in total. The second-order valence-corrected chi connectivity index (χ2v) is 8.22. The van der Waals surface area contributed by atoms with E-state index in [-0.39, 0.29) is 17.9 Å². The number of terminal acetylenes is 1. The molecule has 1 fully saturated rings. The Morgan fingerprint density at radius 1 is 1.22 bits per heavy atom. The van der Waals surface area contributed by atoms with Crippen LogP contribution in [0.3, 0.4) is 0 Å². The zero-order valence-corrected chi connectivity index (χ0v) is 20.1. The van der Waals surface area contributed by atoms with Crippen LogP contribution in [0.25, 0.3) is 6.08 Å². The summed E-state index contributed by atoms with van der Waals surface area (Å²) in [6, 6.07) is 7.26. The molecule has 7 nitrogen and oxygen atoms in total.